The highest BCUT2D eigenvalue weighted by atomic mass is 35.5. The molecule has 0 bridgehead atoms. The number of hydrogen-bond donors (Lipinski definition) is 1. The lowest BCUT2D eigenvalue weighted by atomic mass is 10.1. The Labute approximate surface area is 123 Å². The molecule has 0 saturated heterocycles. The first kappa shape index (κ1) is 14.8. The molecule has 106 valence electrons. The average Bonchev–Trinajstić information content (AvgIpc) is 2.46. The van der Waals surface area contributed by atoms with Crippen molar-refractivity contribution in [2.24, 2.45) is 0 Å². The van der Waals surface area contributed by atoms with Gasteiger partial charge >= 0.3 is 0 Å². The van der Waals surface area contributed by atoms with E-state index in [1.807, 2.05) is 38.2 Å². The molecule has 0 aromatic heterocycles. The van der Waals surface area contributed by atoms with E-state index in [2.05, 4.69) is 5.32 Å². The monoisotopic (exact) mass is 293 g/mol. The van der Waals surface area contributed by atoms with E-state index in [9.17, 15) is 4.39 Å². The summed E-state index contributed by atoms with van der Waals surface area (Å²) >= 11 is 5.99. The lowest BCUT2D eigenvalue weighted by Gasteiger charge is -2.17. The average molecular weight is 294 g/mol. The van der Waals surface area contributed by atoms with Crippen LogP contribution in [0.25, 0.3) is 0 Å². The number of para-hydroxylation sites is 1. The summed E-state index contributed by atoms with van der Waals surface area (Å²) in [6.07, 6.45) is 0. The van der Waals surface area contributed by atoms with Gasteiger partial charge in [0.15, 0.2) is 0 Å². The van der Waals surface area contributed by atoms with Gasteiger partial charge < -0.3 is 10.1 Å². The van der Waals surface area contributed by atoms with Crippen molar-refractivity contribution < 1.29 is 9.13 Å². The zero-order valence-corrected chi connectivity index (χ0v) is 12.2. The van der Waals surface area contributed by atoms with Crippen LogP contribution in [0.15, 0.2) is 42.5 Å². The Kier molecular flexibility index (Phi) is 4.99. The van der Waals surface area contributed by atoms with E-state index in [1.54, 1.807) is 12.1 Å². The molecule has 20 heavy (non-hydrogen) atoms. The van der Waals surface area contributed by atoms with Crippen LogP contribution in [0, 0.1) is 5.82 Å². The maximum atomic E-state index is 13.7. The molecule has 0 fully saturated rings. The van der Waals surface area contributed by atoms with Crippen molar-refractivity contribution in [2.45, 2.75) is 19.6 Å². The largest absolute Gasteiger partial charge is 0.488 e. The Morgan fingerprint density at radius 3 is 2.65 bits per heavy atom. The Morgan fingerprint density at radius 1 is 1.20 bits per heavy atom. The molecule has 0 amide bonds. The molecule has 0 saturated carbocycles. The minimum atomic E-state index is -0.350. The van der Waals surface area contributed by atoms with Gasteiger partial charge in [-0.15, -0.1) is 0 Å². The van der Waals surface area contributed by atoms with Gasteiger partial charge in [-0.25, -0.2) is 4.39 Å². The van der Waals surface area contributed by atoms with Crippen LogP contribution in [0.1, 0.15) is 24.1 Å². The van der Waals surface area contributed by atoms with E-state index < -0.39 is 0 Å². The Hall–Kier alpha value is -1.58. The Balaban J connectivity index is 2.19. The van der Waals surface area contributed by atoms with Crippen molar-refractivity contribution in [3.8, 4) is 5.75 Å². The Morgan fingerprint density at radius 2 is 1.95 bits per heavy atom. The Bertz CT molecular complexity index is 568. The van der Waals surface area contributed by atoms with Crippen LogP contribution in [-0.2, 0) is 6.61 Å². The molecule has 0 radical (unpaired) electrons. The summed E-state index contributed by atoms with van der Waals surface area (Å²) in [7, 11) is 1.88. The summed E-state index contributed by atoms with van der Waals surface area (Å²) in [5, 5.41) is 3.54. The molecule has 0 aliphatic rings. The van der Waals surface area contributed by atoms with Crippen molar-refractivity contribution >= 4 is 11.6 Å². The second-order valence-electron chi connectivity index (χ2n) is 4.54. The first-order chi connectivity index (χ1) is 9.63. The minimum absolute atomic E-state index is 0.110. The number of rotatable bonds is 5. The molecule has 1 unspecified atom stereocenters. The molecule has 0 aliphatic heterocycles. The van der Waals surface area contributed by atoms with Crippen LogP contribution < -0.4 is 10.1 Å². The van der Waals surface area contributed by atoms with Crippen LogP contribution in [0.5, 0.6) is 5.75 Å². The molecule has 2 nitrogen and oxygen atoms in total. The highest BCUT2D eigenvalue weighted by Crippen LogP contribution is 2.27. The second-order valence-corrected chi connectivity index (χ2v) is 4.94. The summed E-state index contributed by atoms with van der Waals surface area (Å²) < 4.78 is 19.4. The van der Waals surface area contributed by atoms with Gasteiger partial charge in [-0.05, 0) is 32.2 Å². The number of ether oxygens (including phenoxy) is 1. The van der Waals surface area contributed by atoms with Gasteiger partial charge in [0.25, 0.3) is 0 Å². The van der Waals surface area contributed by atoms with Gasteiger partial charge in [-0.2, -0.15) is 0 Å². The third-order valence-corrected chi connectivity index (χ3v) is 3.61. The summed E-state index contributed by atoms with van der Waals surface area (Å²) in [6, 6.07) is 12.5. The highest BCUT2D eigenvalue weighted by Gasteiger charge is 2.12. The molecular weight excluding hydrogens is 277 g/mol. The quantitative estimate of drug-likeness (QED) is 0.885. The van der Waals surface area contributed by atoms with Gasteiger partial charge in [0.2, 0.25) is 0 Å². The molecule has 0 heterocycles. The van der Waals surface area contributed by atoms with Gasteiger partial charge in [-0.1, -0.05) is 35.9 Å². The predicted molar refractivity (Wildman–Crippen MR) is 79.7 cm³/mol. The van der Waals surface area contributed by atoms with Gasteiger partial charge in [-0.3, -0.25) is 0 Å². The molecule has 2 aromatic carbocycles. The van der Waals surface area contributed by atoms with Gasteiger partial charge in [0.1, 0.15) is 18.2 Å². The number of benzene rings is 2. The van der Waals surface area contributed by atoms with Crippen LogP contribution >= 0.6 is 11.6 Å². The topological polar surface area (TPSA) is 21.3 Å². The summed E-state index contributed by atoms with van der Waals surface area (Å²) in [4.78, 5) is 0. The molecular formula is C16H17ClFNO. The van der Waals surface area contributed by atoms with Gasteiger partial charge in [0.05, 0.1) is 5.02 Å². The minimum Gasteiger partial charge on any atom is -0.488 e. The van der Waals surface area contributed by atoms with Crippen molar-refractivity contribution in [3.63, 3.8) is 0 Å². The fraction of sp³-hybridized carbons (Fsp3) is 0.250. The van der Waals surface area contributed by atoms with Crippen molar-refractivity contribution in [1.29, 1.82) is 0 Å². The van der Waals surface area contributed by atoms with Crippen LogP contribution in [0.2, 0.25) is 5.02 Å². The molecule has 1 atom stereocenters. The molecule has 2 rings (SSSR count). The number of hydrogen-bond acceptors (Lipinski definition) is 2. The molecule has 1 N–H and O–H groups in total. The lowest BCUT2D eigenvalue weighted by Crippen LogP contribution is -2.13. The maximum absolute atomic E-state index is 13.7. The predicted octanol–water partition coefficient (Wildman–Crippen LogP) is 4.34. The van der Waals surface area contributed by atoms with E-state index in [0.29, 0.717) is 10.6 Å². The number of halogens is 2. The summed E-state index contributed by atoms with van der Waals surface area (Å²) in [5.74, 6) is 0.380. The van der Waals surface area contributed by atoms with Crippen LogP contribution in [-0.4, -0.2) is 7.05 Å². The first-order valence-electron chi connectivity index (χ1n) is 6.45. The maximum Gasteiger partial charge on any atom is 0.131 e. The fourth-order valence-electron chi connectivity index (χ4n) is 1.95. The third-order valence-electron chi connectivity index (χ3n) is 3.25. The fourth-order valence-corrected chi connectivity index (χ4v) is 2.16. The highest BCUT2D eigenvalue weighted by molar-refractivity contribution is 6.31. The normalized spacial score (nSPS) is 12.2. The number of nitrogens with one attached hydrogen (secondary N) is 1. The smallest absolute Gasteiger partial charge is 0.131 e. The van der Waals surface area contributed by atoms with Gasteiger partial charge in [0, 0.05) is 17.2 Å². The first-order valence-corrected chi connectivity index (χ1v) is 6.83. The zero-order valence-electron chi connectivity index (χ0n) is 11.5. The van der Waals surface area contributed by atoms with E-state index >= 15 is 0 Å². The van der Waals surface area contributed by atoms with E-state index in [1.165, 1.54) is 6.07 Å². The van der Waals surface area contributed by atoms with E-state index in [-0.39, 0.29) is 18.5 Å². The van der Waals surface area contributed by atoms with Crippen LogP contribution in [0.3, 0.4) is 0 Å². The van der Waals surface area contributed by atoms with E-state index in [4.69, 9.17) is 16.3 Å². The SMILES string of the molecule is CNC(C)c1ccccc1OCc1c(F)cccc1Cl. The van der Waals surface area contributed by atoms with Crippen molar-refractivity contribution in [1.82, 2.24) is 5.32 Å². The standard InChI is InChI=1S/C16H17ClFNO/c1-11(19-2)12-6-3-4-9-16(12)20-10-13-14(17)7-5-8-15(13)18/h3-9,11,19H,10H2,1-2H3. The lowest BCUT2D eigenvalue weighted by molar-refractivity contribution is 0.294. The molecule has 0 aliphatic carbocycles. The van der Waals surface area contributed by atoms with Crippen molar-refractivity contribution in [3.05, 3.63) is 64.4 Å². The third kappa shape index (κ3) is 3.30. The molecule has 4 heteroatoms. The molecule has 2 aromatic rings. The van der Waals surface area contributed by atoms with Crippen LogP contribution in [0.4, 0.5) is 4.39 Å². The van der Waals surface area contributed by atoms with E-state index in [0.717, 1.165) is 11.3 Å². The summed E-state index contributed by atoms with van der Waals surface area (Å²) in [5.41, 5.74) is 1.41. The van der Waals surface area contributed by atoms with Crippen molar-refractivity contribution in [2.75, 3.05) is 7.05 Å². The second kappa shape index (κ2) is 6.73. The summed E-state index contributed by atoms with van der Waals surface area (Å²) in [6.45, 7) is 2.15. The molecule has 0 spiro atoms. The zero-order chi connectivity index (χ0) is 14.5.